The average molecular weight is 383 g/mol. The van der Waals surface area contributed by atoms with E-state index in [1.807, 2.05) is 0 Å². The Kier molecular flexibility index (Phi) is 7.61. The van der Waals surface area contributed by atoms with Crippen molar-refractivity contribution in [3.05, 3.63) is 0 Å². The van der Waals surface area contributed by atoms with Gasteiger partial charge in [0.05, 0.1) is 12.0 Å². The van der Waals surface area contributed by atoms with Crippen LogP contribution in [-0.2, 0) is 19.1 Å². The smallest absolute Gasteiger partial charge is 0.330 e. The molecule has 5 N–H and O–H groups in total. The molecule has 0 aliphatic carbocycles. The summed E-state index contributed by atoms with van der Waals surface area (Å²) in [5, 5.41) is 10.1. The average Bonchev–Trinajstić information content (AvgIpc) is 3.23. The number of carbonyl (C=O) groups excluding carboxylic acids is 2. The van der Waals surface area contributed by atoms with Gasteiger partial charge in [-0.25, -0.2) is 4.79 Å². The number of nitrogens with zero attached hydrogens (tertiary/aromatic N) is 1. The quantitative estimate of drug-likeness (QED) is 0.378. The zero-order chi connectivity index (χ0) is 20.0. The van der Waals surface area contributed by atoms with Crippen LogP contribution in [0.1, 0.15) is 64.7 Å². The predicted octanol–water partition coefficient (Wildman–Crippen LogP) is 1.01. The van der Waals surface area contributed by atoms with Gasteiger partial charge in [0.1, 0.15) is 6.10 Å². The molecule has 2 unspecified atom stereocenters. The molecule has 2 aliphatic heterocycles. The third-order valence-electron chi connectivity index (χ3n) is 5.87. The van der Waals surface area contributed by atoms with Crippen molar-refractivity contribution in [1.82, 2.24) is 4.90 Å². The van der Waals surface area contributed by atoms with E-state index in [4.69, 9.17) is 16.2 Å². The Hall–Kier alpha value is -1.67. The van der Waals surface area contributed by atoms with Crippen LogP contribution in [0.2, 0.25) is 0 Å². The summed E-state index contributed by atoms with van der Waals surface area (Å²) >= 11 is 0. The lowest BCUT2D eigenvalue weighted by Crippen LogP contribution is -2.61. The van der Waals surface area contributed by atoms with E-state index in [2.05, 4.69) is 6.92 Å². The number of aliphatic carboxylic acids is 1. The Balaban J connectivity index is 2.19. The molecule has 2 fully saturated rings. The molecule has 1 amide bonds. The Bertz CT molecular complexity index is 555. The minimum atomic E-state index is -1.54. The van der Waals surface area contributed by atoms with Crippen LogP contribution in [0.15, 0.2) is 0 Å². The van der Waals surface area contributed by atoms with E-state index < -0.39 is 35.3 Å². The summed E-state index contributed by atoms with van der Waals surface area (Å²) < 4.78 is 5.45. The molecule has 0 aromatic heterocycles. The van der Waals surface area contributed by atoms with E-state index >= 15 is 0 Å². The van der Waals surface area contributed by atoms with E-state index in [1.54, 1.807) is 0 Å². The first kappa shape index (κ1) is 21.6. The van der Waals surface area contributed by atoms with E-state index in [9.17, 15) is 19.5 Å². The topological polar surface area (TPSA) is 136 Å². The predicted molar refractivity (Wildman–Crippen MR) is 99.7 cm³/mol. The molecule has 4 atom stereocenters. The van der Waals surface area contributed by atoms with Gasteiger partial charge in [0.15, 0.2) is 5.54 Å². The summed E-state index contributed by atoms with van der Waals surface area (Å²) in [6.07, 6.45) is 5.41. The second kappa shape index (κ2) is 9.50. The number of esters is 1. The highest BCUT2D eigenvalue weighted by molar-refractivity contribution is 5.94. The summed E-state index contributed by atoms with van der Waals surface area (Å²) in [6, 6.07) is -0.776. The number of amides is 1. The molecule has 0 saturated carbocycles. The lowest BCUT2D eigenvalue weighted by molar-refractivity contribution is -0.166. The number of ether oxygens (including phenoxy) is 1. The molecular formula is C19H33N3O5. The van der Waals surface area contributed by atoms with Gasteiger partial charge < -0.3 is 26.2 Å². The van der Waals surface area contributed by atoms with E-state index in [-0.39, 0.29) is 12.5 Å². The largest absolute Gasteiger partial charge is 0.479 e. The van der Waals surface area contributed by atoms with Crippen molar-refractivity contribution in [3.8, 4) is 0 Å². The van der Waals surface area contributed by atoms with E-state index in [0.29, 0.717) is 38.8 Å². The van der Waals surface area contributed by atoms with Gasteiger partial charge in [-0.2, -0.15) is 0 Å². The molecule has 2 saturated heterocycles. The minimum Gasteiger partial charge on any atom is -0.479 e. The Morgan fingerprint density at radius 1 is 1.37 bits per heavy atom. The lowest BCUT2D eigenvalue weighted by atomic mass is 9.78. The number of carboxylic acids is 1. The number of rotatable bonds is 10. The summed E-state index contributed by atoms with van der Waals surface area (Å²) in [7, 11) is 0. The molecule has 0 bridgehead atoms. The molecule has 2 rings (SSSR count). The molecule has 2 aliphatic rings. The van der Waals surface area contributed by atoms with Gasteiger partial charge in [-0.05, 0) is 38.6 Å². The van der Waals surface area contributed by atoms with Gasteiger partial charge in [-0.15, -0.1) is 0 Å². The maximum absolute atomic E-state index is 12.9. The summed E-state index contributed by atoms with van der Waals surface area (Å²) in [4.78, 5) is 39.1. The van der Waals surface area contributed by atoms with Crippen molar-refractivity contribution in [2.24, 2.45) is 17.4 Å². The number of hydrogen-bond acceptors (Lipinski definition) is 6. The molecule has 8 heteroatoms. The molecule has 0 aromatic rings. The van der Waals surface area contributed by atoms with Gasteiger partial charge >= 0.3 is 11.9 Å². The monoisotopic (exact) mass is 383 g/mol. The number of nitrogens with two attached hydrogens (primary N) is 2. The standard InChI is InChI=1S/C19H33N3O5/c1-2-3-7-13-12-14(17(24)27-13)19(18(25)26)9-6-11-22(19)16(23)15(21)8-4-5-10-20/h13-15H,2-12,20-21H2,1H3,(H,25,26)/t13?,14?,15-,19+/m0/s1. The van der Waals surface area contributed by atoms with Crippen LogP contribution in [0.3, 0.4) is 0 Å². The van der Waals surface area contributed by atoms with Crippen molar-refractivity contribution in [1.29, 1.82) is 0 Å². The summed E-state index contributed by atoms with van der Waals surface area (Å²) in [5.41, 5.74) is 9.98. The zero-order valence-electron chi connectivity index (χ0n) is 16.2. The maximum Gasteiger partial charge on any atom is 0.330 e. The summed E-state index contributed by atoms with van der Waals surface area (Å²) in [5.74, 6) is -2.87. The molecule has 8 nitrogen and oxygen atoms in total. The Labute approximate surface area is 160 Å². The van der Waals surface area contributed by atoms with Crippen LogP contribution in [0.4, 0.5) is 0 Å². The number of likely N-dealkylation sites (tertiary alicyclic amines) is 1. The van der Waals surface area contributed by atoms with Crippen molar-refractivity contribution >= 4 is 17.8 Å². The fourth-order valence-corrected chi connectivity index (χ4v) is 4.37. The van der Waals surface area contributed by atoms with Gasteiger partial charge in [0, 0.05) is 13.0 Å². The normalized spacial score (nSPS) is 29.0. The van der Waals surface area contributed by atoms with Crippen LogP contribution in [-0.4, -0.2) is 58.6 Å². The molecular weight excluding hydrogens is 350 g/mol. The first-order valence-electron chi connectivity index (χ1n) is 10.1. The van der Waals surface area contributed by atoms with E-state index in [0.717, 1.165) is 25.7 Å². The minimum absolute atomic E-state index is 0.254. The second-order valence-corrected chi connectivity index (χ2v) is 7.70. The summed E-state index contributed by atoms with van der Waals surface area (Å²) in [6.45, 7) is 2.88. The fraction of sp³-hybridized carbons (Fsp3) is 0.842. The third kappa shape index (κ3) is 4.43. The van der Waals surface area contributed by atoms with Crippen LogP contribution >= 0.6 is 0 Å². The lowest BCUT2D eigenvalue weighted by Gasteiger charge is -2.38. The van der Waals surface area contributed by atoms with Crippen molar-refractivity contribution < 1.29 is 24.2 Å². The number of carboxylic acid groups (broad SMARTS) is 1. The van der Waals surface area contributed by atoms with Crippen LogP contribution in [0.5, 0.6) is 0 Å². The molecule has 0 aromatic carbocycles. The first-order chi connectivity index (χ1) is 12.9. The van der Waals surface area contributed by atoms with Gasteiger partial charge in [-0.1, -0.05) is 26.2 Å². The molecule has 0 radical (unpaired) electrons. The highest BCUT2D eigenvalue weighted by atomic mass is 16.6. The highest BCUT2D eigenvalue weighted by Gasteiger charge is 2.61. The number of carbonyl (C=O) groups is 3. The van der Waals surface area contributed by atoms with Gasteiger partial charge in [0.2, 0.25) is 5.91 Å². The Morgan fingerprint density at radius 2 is 2.11 bits per heavy atom. The highest BCUT2D eigenvalue weighted by Crippen LogP contribution is 2.43. The van der Waals surface area contributed by atoms with Crippen LogP contribution in [0.25, 0.3) is 0 Å². The molecule has 2 heterocycles. The zero-order valence-corrected chi connectivity index (χ0v) is 16.2. The second-order valence-electron chi connectivity index (χ2n) is 7.70. The van der Waals surface area contributed by atoms with Crippen LogP contribution in [0, 0.1) is 5.92 Å². The first-order valence-corrected chi connectivity index (χ1v) is 10.1. The van der Waals surface area contributed by atoms with Crippen molar-refractivity contribution in [2.45, 2.75) is 82.4 Å². The molecule has 0 spiro atoms. The van der Waals surface area contributed by atoms with Crippen molar-refractivity contribution in [3.63, 3.8) is 0 Å². The molecule has 154 valence electrons. The van der Waals surface area contributed by atoms with Gasteiger partial charge in [-0.3, -0.25) is 9.59 Å². The third-order valence-corrected chi connectivity index (χ3v) is 5.87. The van der Waals surface area contributed by atoms with Crippen LogP contribution < -0.4 is 11.5 Å². The number of hydrogen-bond donors (Lipinski definition) is 3. The maximum atomic E-state index is 12.9. The Morgan fingerprint density at radius 3 is 2.74 bits per heavy atom. The van der Waals surface area contributed by atoms with E-state index in [1.165, 1.54) is 4.90 Å². The SMILES string of the molecule is CCCCC1CC([C@@]2(C(=O)O)CCCN2C(=O)[C@@H](N)CCCCN)C(=O)O1. The molecule has 27 heavy (non-hydrogen) atoms. The number of unbranched alkanes of at least 4 members (excludes halogenated alkanes) is 2. The van der Waals surface area contributed by atoms with Gasteiger partial charge in [0.25, 0.3) is 0 Å². The fourth-order valence-electron chi connectivity index (χ4n) is 4.37. The number of cyclic esters (lactones) is 1. The van der Waals surface area contributed by atoms with Crippen molar-refractivity contribution in [2.75, 3.05) is 13.1 Å².